The second kappa shape index (κ2) is 8.93. The summed E-state index contributed by atoms with van der Waals surface area (Å²) in [6.45, 7) is 2.03. The van der Waals surface area contributed by atoms with E-state index in [2.05, 4.69) is 29.6 Å². The molecule has 0 spiro atoms. The van der Waals surface area contributed by atoms with Crippen LogP contribution in [0.5, 0.6) is 0 Å². The molecule has 7 heteroatoms. The fourth-order valence-electron chi connectivity index (χ4n) is 2.55. The minimum Gasteiger partial charge on any atom is -0.321 e. The Balaban J connectivity index is 1.65. The maximum absolute atomic E-state index is 12.9. The van der Waals surface area contributed by atoms with Crippen LogP contribution in [0.15, 0.2) is 71.6 Å². The number of aryl methyl sites for hydroxylation is 1. The standard InChI is InChI=1S/C22H17ClF3NOS/c1-14-2-9-18(10-3-14)29-13-15-4-6-16(7-5-15)21(28)27-20-12-17(22(24,25)26)8-11-19(20)23/h2-12H,13H2,1H3,(H,27,28). The van der Waals surface area contributed by atoms with Crippen molar-refractivity contribution in [3.8, 4) is 0 Å². The molecule has 3 rings (SSSR count). The molecular weight excluding hydrogens is 419 g/mol. The molecule has 0 heterocycles. The zero-order valence-electron chi connectivity index (χ0n) is 15.4. The van der Waals surface area contributed by atoms with Gasteiger partial charge < -0.3 is 5.32 Å². The molecule has 0 aliphatic rings. The molecule has 1 amide bonds. The number of carbonyl (C=O) groups excluding carboxylic acids is 1. The monoisotopic (exact) mass is 435 g/mol. The Hall–Kier alpha value is -2.44. The van der Waals surface area contributed by atoms with E-state index in [9.17, 15) is 18.0 Å². The lowest BCUT2D eigenvalue weighted by molar-refractivity contribution is -0.137. The van der Waals surface area contributed by atoms with Crippen molar-refractivity contribution in [3.63, 3.8) is 0 Å². The van der Waals surface area contributed by atoms with Crippen LogP contribution in [0.1, 0.15) is 27.0 Å². The second-order valence-corrected chi connectivity index (χ2v) is 7.90. The van der Waals surface area contributed by atoms with Crippen LogP contribution in [0.2, 0.25) is 5.02 Å². The highest BCUT2D eigenvalue weighted by Gasteiger charge is 2.31. The van der Waals surface area contributed by atoms with Crippen molar-refractivity contribution < 1.29 is 18.0 Å². The molecule has 0 saturated carbocycles. The third-order valence-corrected chi connectivity index (χ3v) is 5.60. The van der Waals surface area contributed by atoms with Gasteiger partial charge in [0, 0.05) is 16.2 Å². The van der Waals surface area contributed by atoms with Gasteiger partial charge in [-0.15, -0.1) is 11.8 Å². The average Bonchev–Trinajstić information content (AvgIpc) is 2.68. The van der Waals surface area contributed by atoms with Crippen molar-refractivity contribution in [3.05, 3.63) is 94.0 Å². The third kappa shape index (κ3) is 5.78. The Morgan fingerprint density at radius 3 is 2.28 bits per heavy atom. The number of thioether (sulfide) groups is 1. The van der Waals surface area contributed by atoms with Crippen molar-refractivity contribution in [2.75, 3.05) is 5.32 Å². The predicted molar refractivity (Wildman–Crippen MR) is 112 cm³/mol. The first kappa shape index (κ1) is 21.3. The van der Waals surface area contributed by atoms with E-state index in [4.69, 9.17) is 11.6 Å². The molecule has 3 aromatic carbocycles. The highest BCUT2D eigenvalue weighted by Crippen LogP contribution is 2.34. The van der Waals surface area contributed by atoms with Crippen molar-refractivity contribution in [2.45, 2.75) is 23.7 Å². The zero-order chi connectivity index (χ0) is 21.0. The van der Waals surface area contributed by atoms with E-state index in [1.54, 1.807) is 23.9 Å². The molecule has 0 unspecified atom stereocenters. The van der Waals surface area contributed by atoms with Crippen LogP contribution in [-0.4, -0.2) is 5.91 Å². The van der Waals surface area contributed by atoms with E-state index in [0.29, 0.717) is 5.56 Å². The second-order valence-electron chi connectivity index (χ2n) is 6.45. The van der Waals surface area contributed by atoms with Gasteiger partial charge in [-0.05, 0) is 55.0 Å². The molecule has 0 aliphatic heterocycles. The molecule has 3 aromatic rings. The molecule has 0 saturated heterocycles. The molecule has 0 aliphatic carbocycles. The number of anilines is 1. The summed E-state index contributed by atoms with van der Waals surface area (Å²) in [6.07, 6.45) is -4.51. The lowest BCUT2D eigenvalue weighted by Gasteiger charge is -2.12. The summed E-state index contributed by atoms with van der Waals surface area (Å²) in [7, 11) is 0. The van der Waals surface area contributed by atoms with Crippen molar-refractivity contribution in [2.24, 2.45) is 0 Å². The van der Waals surface area contributed by atoms with E-state index in [-0.39, 0.29) is 10.7 Å². The van der Waals surface area contributed by atoms with Gasteiger partial charge in [0.25, 0.3) is 5.91 Å². The molecule has 0 aromatic heterocycles. The molecule has 0 atom stereocenters. The van der Waals surface area contributed by atoms with Crippen molar-refractivity contribution in [1.82, 2.24) is 0 Å². The number of halogens is 4. The smallest absolute Gasteiger partial charge is 0.321 e. The Morgan fingerprint density at radius 1 is 1.00 bits per heavy atom. The molecule has 0 radical (unpaired) electrons. The molecule has 2 nitrogen and oxygen atoms in total. The van der Waals surface area contributed by atoms with Gasteiger partial charge in [0.15, 0.2) is 0 Å². The molecule has 29 heavy (non-hydrogen) atoms. The molecule has 0 fully saturated rings. The third-order valence-electron chi connectivity index (χ3n) is 4.18. The van der Waals surface area contributed by atoms with Crippen molar-refractivity contribution >= 4 is 35.0 Å². The number of carbonyl (C=O) groups is 1. The quantitative estimate of drug-likeness (QED) is 0.429. The first-order valence-electron chi connectivity index (χ1n) is 8.69. The maximum Gasteiger partial charge on any atom is 0.416 e. The SMILES string of the molecule is Cc1ccc(SCc2ccc(C(=O)Nc3cc(C(F)(F)F)ccc3Cl)cc2)cc1. The van der Waals surface area contributed by atoms with Gasteiger partial charge in [-0.2, -0.15) is 13.2 Å². The Labute approximate surface area is 176 Å². The number of nitrogens with one attached hydrogen (secondary N) is 1. The van der Waals surface area contributed by atoms with E-state index in [1.807, 2.05) is 19.1 Å². The number of hydrogen-bond acceptors (Lipinski definition) is 2. The summed E-state index contributed by atoms with van der Waals surface area (Å²) in [5, 5.41) is 2.48. The van der Waals surface area contributed by atoms with Crippen LogP contribution < -0.4 is 5.32 Å². The largest absolute Gasteiger partial charge is 0.416 e. The fourth-order valence-corrected chi connectivity index (χ4v) is 3.56. The van der Waals surface area contributed by atoms with Gasteiger partial charge in [-0.25, -0.2) is 0 Å². The minimum absolute atomic E-state index is 0.0393. The number of rotatable bonds is 5. The Morgan fingerprint density at radius 2 is 1.66 bits per heavy atom. The van der Waals surface area contributed by atoms with Gasteiger partial charge in [0.1, 0.15) is 0 Å². The van der Waals surface area contributed by atoms with E-state index >= 15 is 0 Å². The Kier molecular flexibility index (Phi) is 6.55. The van der Waals surface area contributed by atoms with E-state index < -0.39 is 17.6 Å². The average molecular weight is 436 g/mol. The van der Waals surface area contributed by atoms with E-state index in [1.165, 1.54) is 5.56 Å². The Bertz CT molecular complexity index is 1000. The lowest BCUT2D eigenvalue weighted by atomic mass is 10.1. The van der Waals surface area contributed by atoms with Gasteiger partial charge in [0.05, 0.1) is 16.3 Å². The summed E-state index contributed by atoms with van der Waals surface area (Å²) in [5.74, 6) is 0.216. The summed E-state index contributed by atoms with van der Waals surface area (Å²) in [5.41, 5.74) is 1.61. The molecule has 150 valence electrons. The topological polar surface area (TPSA) is 29.1 Å². The lowest BCUT2D eigenvalue weighted by Crippen LogP contribution is -2.13. The van der Waals surface area contributed by atoms with Crippen LogP contribution in [0.3, 0.4) is 0 Å². The predicted octanol–water partition coefficient (Wildman–Crippen LogP) is 7.21. The first-order chi connectivity index (χ1) is 13.7. The van der Waals surface area contributed by atoms with Gasteiger partial charge in [-0.3, -0.25) is 4.79 Å². The highest BCUT2D eigenvalue weighted by molar-refractivity contribution is 7.98. The summed E-state index contributed by atoms with van der Waals surface area (Å²) in [6, 6.07) is 18.0. The zero-order valence-corrected chi connectivity index (χ0v) is 17.0. The highest BCUT2D eigenvalue weighted by atomic mass is 35.5. The molecule has 1 N–H and O–H groups in total. The van der Waals surface area contributed by atoms with Crippen LogP contribution in [0, 0.1) is 6.92 Å². The first-order valence-corrected chi connectivity index (χ1v) is 10.1. The van der Waals surface area contributed by atoms with E-state index in [0.717, 1.165) is 34.4 Å². The van der Waals surface area contributed by atoms with Crippen LogP contribution >= 0.6 is 23.4 Å². The normalized spacial score (nSPS) is 11.3. The van der Waals surface area contributed by atoms with Crippen LogP contribution in [0.4, 0.5) is 18.9 Å². The molecular formula is C22H17ClF3NOS. The summed E-state index contributed by atoms with van der Waals surface area (Å²) < 4.78 is 38.6. The van der Waals surface area contributed by atoms with Gasteiger partial charge in [0.2, 0.25) is 0 Å². The van der Waals surface area contributed by atoms with Gasteiger partial charge >= 0.3 is 6.18 Å². The number of amides is 1. The molecule has 0 bridgehead atoms. The minimum atomic E-state index is -4.51. The number of benzene rings is 3. The summed E-state index contributed by atoms with van der Waals surface area (Å²) in [4.78, 5) is 13.5. The van der Waals surface area contributed by atoms with Gasteiger partial charge in [-0.1, -0.05) is 41.4 Å². The fraction of sp³-hybridized carbons (Fsp3) is 0.136. The number of alkyl halides is 3. The number of hydrogen-bond donors (Lipinski definition) is 1. The van der Waals surface area contributed by atoms with Crippen LogP contribution in [-0.2, 0) is 11.9 Å². The van der Waals surface area contributed by atoms with Crippen LogP contribution in [0.25, 0.3) is 0 Å². The van der Waals surface area contributed by atoms with Crippen molar-refractivity contribution in [1.29, 1.82) is 0 Å². The summed E-state index contributed by atoms with van der Waals surface area (Å²) >= 11 is 7.61. The maximum atomic E-state index is 12.9.